The Morgan fingerprint density at radius 1 is 1.30 bits per heavy atom. The second-order valence-electron chi connectivity index (χ2n) is 5.25. The van der Waals surface area contributed by atoms with E-state index < -0.39 is 0 Å². The second kappa shape index (κ2) is 7.04. The van der Waals surface area contributed by atoms with Crippen molar-refractivity contribution in [3.05, 3.63) is 29.6 Å². The zero-order valence-corrected chi connectivity index (χ0v) is 13.2. The van der Waals surface area contributed by atoms with E-state index in [-0.39, 0.29) is 17.4 Å². The van der Waals surface area contributed by atoms with E-state index in [1.165, 1.54) is 12.1 Å². The van der Waals surface area contributed by atoms with E-state index in [9.17, 15) is 4.39 Å². The molecule has 0 aliphatic rings. The third-order valence-corrected chi connectivity index (χ3v) is 4.40. The fraction of sp³-hybridized carbons (Fsp3) is 0.625. The van der Waals surface area contributed by atoms with Gasteiger partial charge in [-0.3, -0.25) is 4.90 Å². The van der Waals surface area contributed by atoms with Gasteiger partial charge in [0.15, 0.2) is 0 Å². The largest absolute Gasteiger partial charge is 0.496 e. The van der Waals surface area contributed by atoms with Gasteiger partial charge in [0.05, 0.1) is 13.2 Å². The van der Waals surface area contributed by atoms with Crippen LogP contribution >= 0.6 is 0 Å². The fourth-order valence-corrected chi connectivity index (χ4v) is 2.87. The number of nitrogens with two attached hydrogens (primary N) is 1. The molecule has 1 rings (SSSR count). The molecule has 0 spiro atoms. The molecule has 0 fully saturated rings. The first-order valence-electron chi connectivity index (χ1n) is 7.28. The van der Waals surface area contributed by atoms with Crippen molar-refractivity contribution in [3.8, 4) is 5.75 Å². The molecule has 0 heterocycles. The standard InChI is InChI=1S/C16H27FN2O/c1-6-16(4,19(7-2)8-3)15(18)13-11-12(17)9-10-14(13)20-5/h9-11,15H,6-8,18H2,1-5H3. The highest BCUT2D eigenvalue weighted by Gasteiger charge is 2.37. The van der Waals surface area contributed by atoms with Crippen LogP contribution in [0.1, 0.15) is 45.7 Å². The van der Waals surface area contributed by atoms with Crippen LogP contribution in [0.25, 0.3) is 0 Å². The Kier molecular flexibility index (Phi) is 5.96. The van der Waals surface area contributed by atoms with E-state index in [0.29, 0.717) is 5.75 Å². The van der Waals surface area contributed by atoms with Crippen molar-refractivity contribution >= 4 is 0 Å². The Hall–Kier alpha value is -1.13. The maximum Gasteiger partial charge on any atom is 0.123 e. The Balaban J connectivity index is 3.26. The first-order valence-corrected chi connectivity index (χ1v) is 7.28. The molecule has 0 aliphatic carbocycles. The number of ether oxygens (including phenoxy) is 1. The molecule has 2 N–H and O–H groups in total. The van der Waals surface area contributed by atoms with Gasteiger partial charge in [0.25, 0.3) is 0 Å². The van der Waals surface area contributed by atoms with Crippen molar-refractivity contribution < 1.29 is 9.13 Å². The third kappa shape index (κ3) is 3.13. The number of rotatable bonds is 7. The molecular formula is C16H27FN2O. The van der Waals surface area contributed by atoms with Crippen LogP contribution in [0.5, 0.6) is 5.75 Å². The van der Waals surface area contributed by atoms with Gasteiger partial charge in [-0.1, -0.05) is 20.8 Å². The quantitative estimate of drug-likeness (QED) is 0.833. The Morgan fingerprint density at radius 2 is 1.90 bits per heavy atom. The van der Waals surface area contributed by atoms with Gasteiger partial charge in [0, 0.05) is 11.1 Å². The molecule has 2 unspecified atom stereocenters. The molecule has 0 aliphatic heterocycles. The summed E-state index contributed by atoms with van der Waals surface area (Å²) in [4.78, 5) is 2.32. The second-order valence-corrected chi connectivity index (χ2v) is 5.25. The normalized spacial score (nSPS) is 16.0. The summed E-state index contributed by atoms with van der Waals surface area (Å²) in [7, 11) is 1.59. The summed E-state index contributed by atoms with van der Waals surface area (Å²) in [5.41, 5.74) is 6.99. The fourth-order valence-electron chi connectivity index (χ4n) is 2.87. The molecule has 4 heteroatoms. The molecule has 3 nitrogen and oxygen atoms in total. The van der Waals surface area contributed by atoms with Crippen LogP contribution in [0.3, 0.4) is 0 Å². The van der Waals surface area contributed by atoms with Crippen molar-refractivity contribution in [3.63, 3.8) is 0 Å². The summed E-state index contributed by atoms with van der Waals surface area (Å²) in [5, 5.41) is 0. The van der Waals surface area contributed by atoms with Crippen LogP contribution in [0.15, 0.2) is 18.2 Å². The summed E-state index contributed by atoms with van der Waals surface area (Å²) in [6, 6.07) is 4.22. The summed E-state index contributed by atoms with van der Waals surface area (Å²) in [6.07, 6.45) is 0.884. The first-order chi connectivity index (χ1) is 9.44. The van der Waals surface area contributed by atoms with Crippen molar-refractivity contribution in [1.82, 2.24) is 4.90 Å². The zero-order valence-electron chi connectivity index (χ0n) is 13.2. The smallest absolute Gasteiger partial charge is 0.123 e. The van der Waals surface area contributed by atoms with Crippen LogP contribution in [0.2, 0.25) is 0 Å². The summed E-state index contributed by atoms with van der Waals surface area (Å²) >= 11 is 0. The van der Waals surface area contributed by atoms with Gasteiger partial charge in [-0.15, -0.1) is 0 Å². The number of halogens is 1. The van der Waals surface area contributed by atoms with E-state index in [4.69, 9.17) is 10.5 Å². The van der Waals surface area contributed by atoms with Crippen molar-refractivity contribution in [2.45, 2.75) is 45.7 Å². The van der Waals surface area contributed by atoms with Gasteiger partial charge in [0.2, 0.25) is 0 Å². The lowest BCUT2D eigenvalue weighted by molar-refractivity contribution is 0.0834. The number of methoxy groups -OCH3 is 1. The first kappa shape index (κ1) is 16.9. The molecule has 1 aromatic carbocycles. The van der Waals surface area contributed by atoms with Gasteiger partial charge in [0.1, 0.15) is 11.6 Å². The Morgan fingerprint density at radius 3 is 2.35 bits per heavy atom. The predicted molar refractivity (Wildman–Crippen MR) is 81.5 cm³/mol. The molecule has 0 radical (unpaired) electrons. The molecule has 20 heavy (non-hydrogen) atoms. The highest BCUT2D eigenvalue weighted by Crippen LogP contribution is 2.36. The molecule has 0 saturated heterocycles. The SMILES string of the molecule is CCN(CC)C(C)(CC)C(N)c1cc(F)ccc1OC. The number of likely N-dealkylation sites (N-methyl/N-ethyl adjacent to an activating group) is 1. The van der Waals surface area contributed by atoms with Gasteiger partial charge in [-0.05, 0) is 44.6 Å². The van der Waals surface area contributed by atoms with E-state index in [0.717, 1.165) is 25.1 Å². The lowest BCUT2D eigenvalue weighted by atomic mass is 9.83. The van der Waals surface area contributed by atoms with E-state index in [1.54, 1.807) is 13.2 Å². The molecule has 0 bridgehead atoms. The zero-order chi connectivity index (χ0) is 15.3. The topological polar surface area (TPSA) is 38.5 Å². The molecule has 0 saturated carbocycles. The van der Waals surface area contributed by atoms with Gasteiger partial charge in [-0.25, -0.2) is 4.39 Å². The summed E-state index contributed by atoms with van der Waals surface area (Å²) in [6.45, 7) is 10.3. The summed E-state index contributed by atoms with van der Waals surface area (Å²) < 4.78 is 18.9. The molecule has 0 amide bonds. The van der Waals surface area contributed by atoms with E-state index >= 15 is 0 Å². The van der Waals surface area contributed by atoms with E-state index in [1.807, 2.05) is 0 Å². The monoisotopic (exact) mass is 282 g/mol. The minimum absolute atomic E-state index is 0.232. The molecular weight excluding hydrogens is 255 g/mol. The lowest BCUT2D eigenvalue weighted by Gasteiger charge is -2.44. The minimum Gasteiger partial charge on any atom is -0.496 e. The Labute approximate surface area is 121 Å². The summed E-state index contributed by atoms with van der Waals surface area (Å²) in [5.74, 6) is 0.361. The van der Waals surface area contributed by atoms with E-state index in [2.05, 4.69) is 32.6 Å². The minimum atomic E-state index is -0.307. The number of hydrogen-bond donors (Lipinski definition) is 1. The van der Waals surface area contributed by atoms with Crippen LogP contribution in [-0.2, 0) is 0 Å². The molecule has 2 atom stereocenters. The highest BCUT2D eigenvalue weighted by atomic mass is 19.1. The van der Waals surface area contributed by atoms with Crippen LogP contribution in [0, 0.1) is 5.82 Å². The van der Waals surface area contributed by atoms with Gasteiger partial charge in [-0.2, -0.15) is 0 Å². The number of hydrogen-bond acceptors (Lipinski definition) is 3. The molecule has 114 valence electrons. The van der Waals surface area contributed by atoms with Crippen molar-refractivity contribution in [1.29, 1.82) is 0 Å². The lowest BCUT2D eigenvalue weighted by Crippen LogP contribution is -2.53. The van der Waals surface area contributed by atoms with Crippen molar-refractivity contribution in [2.75, 3.05) is 20.2 Å². The van der Waals surface area contributed by atoms with Crippen LogP contribution in [-0.4, -0.2) is 30.6 Å². The maximum absolute atomic E-state index is 13.6. The highest BCUT2D eigenvalue weighted by molar-refractivity contribution is 5.38. The average molecular weight is 282 g/mol. The molecule has 1 aromatic rings. The predicted octanol–water partition coefficient (Wildman–Crippen LogP) is 3.34. The van der Waals surface area contributed by atoms with Crippen molar-refractivity contribution in [2.24, 2.45) is 5.73 Å². The van der Waals surface area contributed by atoms with Crippen LogP contribution in [0.4, 0.5) is 4.39 Å². The maximum atomic E-state index is 13.6. The number of benzene rings is 1. The van der Waals surface area contributed by atoms with Gasteiger partial charge >= 0.3 is 0 Å². The molecule has 0 aromatic heterocycles. The third-order valence-electron chi connectivity index (χ3n) is 4.40. The Bertz CT molecular complexity index is 434. The van der Waals surface area contributed by atoms with Gasteiger partial charge < -0.3 is 10.5 Å². The number of nitrogens with zero attached hydrogens (tertiary/aromatic N) is 1. The average Bonchev–Trinajstić information content (AvgIpc) is 2.47. The van der Waals surface area contributed by atoms with Crippen LogP contribution < -0.4 is 10.5 Å².